The first kappa shape index (κ1) is 10.1. The monoisotopic (exact) mass is 179 g/mol. The van der Waals surface area contributed by atoms with E-state index in [2.05, 4.69) is 6.92 Å². The number of rotatable bonds is 4. The molecule has 0 heterocycles. The van der Waals surface area contributed by atoms with Gasteiger partial charge in [-0.15, -0.1) is 0 Å². The molecule has 0 spiro atoms. The SMILES string of the molecule is CCCC(N)c1cccc(OC)c1. The average Bonchev–Trinajstić information content (AvgIpc) is 2.18. The zero-order valence-corrected chi connectivity index (χ0v) is 8.29. The van der Waals surface area contributed by atoms with Crippen LogP contribution in [0.1, 0.15) is 31.4 Å². The molecule has 0 saturated carbocycles. The fourth-order valence-electron chi connectivity index (χ4n) is 1.35. The predicted octanol–water partition coefficient (Wildman–Crippen LogP) is 2.50. The smallest absolute Gasteiger partial charge is 0.119 e. The highest BCUT2D eigenvalue weighted by Crippen LogP contribution is 2.20. The molecule has 1 atom stereocenters. The minimum absolute atomic E-state index is 0.139. The van der Waals surface area contributed by atoms with Crippen LogP contribution < -0.4 is 10.5 Å². The Morgan fingerprint density at radius 2 is 2.23 bits per heavy atom. The second-order valence-corrected chi connectivity index (χ2v) is 3.17. The van der Waals surface area contributed by atoms with Crippen LogP contribution in [0.2, 0.25) is 0 Å². The van der Waals surface area contributed by atoms with Gasteiger partial charge < -0.3 is 10.5 Å². The van der Waals surface area contributed by atoms with Crippen LogP contribution in [-0.4, -0.2) is 7.11 Å². The third-order valence-corrected chi connectivity index (χ3v) is 2.12. The van der Waals surface area contributed by atoms with Crippen LogP contribution in [0, 0.1) is 0 Å². The topological polar surface area (TPSA) is 35.2 Å². The maximum Gasteiger partial charge on any atom is 0.119 e. The second kappa shape index (κ2) is 4.87. The van der Waals surface area contributed by atoms with Gasteiger partial charge in [-0.3, -0.25) is 0 Å². The van der Waals surface area contributed by atoms with Crippen molar-refractivity contribution in [2.75, 3.05) is 7.11 Å². The maximum absolute atomic E-state index is 5.97. The van der Waals surface area contributed by atoms with E-state index in [0.717, 1.165) is 24.2 Å². The van der Waals surface area contributed by atoms with E-state index in [1.807, 2.05) is 24.3 Å². The Kier molecular flexibility index (Phi) is 3.77. The highest BCUT2D eigenvalue weighted by atomic mass is 16.5. The molecular weight excluding hydrogens is 162 g/mol. The second-order valence-electron chi connectivity index (χ2n) is 3.17. The molecule has 1 aromatic rings. The summed E-state index contributed by atoms with van der Waals surface area (Å²) in [5.41, 5.74) is 7.13. The minimum Gasteiger partial charge on any atom is -0.497 e. The van der Waals surface area contributed by atoms with Crippen molar-refractivity contribution in [2.45, 2.75) is 25.8 Å². The van der Waals surface area contributed by atoms with Crippen LogP contribution in [0.25, 0.3) is 0 Å². The number of nitrogens with two attached hydrogens (primary N) is 1. The van der Waals surface area contributed by atoms with Crippen LogP contribution in [0.3, 0.4) is 0 Å². The lowest BCUT2D eigenvalue weighted by Gasteiger charge is -2.11. The van der Waals surface area contributed by atoms with E-state index >= 15 is 0 Å². The van der Waals surface area contributed by atoms with Gasteiger partial charge in [0, 0.05) is 6.04 Å². The van der Waals surface area contributed by atoms with Crippen molar-refractivity contribution in [3.8, 4) is 5.75 Å². The molecular formula is C11H17NO. The van der Waals surface area contributed by atoms with Crippen molar-refractivity contribution >= 4 is 0 Å². The maximum atomic E-state index is 5.97. The molecule has 13 heavy (non-hydrogen) atoms. The largest absolute Gasteiger partial charge is 0.497 e. The van der Waals surface area contributed by atoms with Crippen molar-refractivity contribution in [3.63, 3.8) is 0 Å². The average molecular weight is 179 g/mol. The molecule has 1 aromatic carbocycles. The molecule has 0 aliphatic rings. The predicted molar refractivity (Wildman–Crippen MR) is 54.8 cm³/mol. The summed E-state index contributed by atoms with van der Waals surface area (Å²) in [7, 11) is 1.67. The highest BCUT2D eigenvalue weighted by molar-refractivity contribution is 5.30. The van der Waals surface area contributed by atoms with Gasteiger partial charge in [0.25, 0.3) is 0 Å². The Hall–Kier alpha value is -1.02. The van der Waals surface area contributed by atoms with Crippen LogP contribution in [0.5, 0.6) is 5.75 Å². The Labute approximate surface area is 79.7 Å². The normalized spacial score (nSPS) is 12.5. The molecule has 0 fully saturated rings. The zero-order chi connectivity index (χ0) is 9.68. The molecule has 2 nitrogen and oxygen atoms in total. The van der Waals surface area contributed by atoms with Crippen LogP contribution in [-0.2, 0) is 0 Å². The molecule has 2 N–H and O–H groups in total. The van der Waals surface area contributed by atoms with Crippen molar-refractivity contribution in [2.24, 2.45) is 5.73 Å². The third kappa shape index (κ3) is 2.74. The number of hydrogen-bond acceptors (Lipinski definition) is 2. The van der Waals surface area contributed by atoms with E-state index in [1.165, 1.54) is 0 Å². The Morgan fingerprint density at radius 1 is 1.46 bits per heavy atom. The van der Waals surface area contributed by atoms with E-state index < -0.39 is 0 Å². The zero-order valence-electron chi connectivity index (χ0n) is 8.29. The molecule has 0 saturated heterocycles. The summed E-state index contributed by atoms with van der Waals surface area (Å²) in [5, 5.41) is 0. The lowest BCUT2D eigenvalue weighted by atomic mass is 10.0. The first-order valence-corrected chi connectivity index (χ1v) is 4.67. The Morgan fingerprint density at radius 3 is 2.85 bits per heavy atom. The standard InChI is InChI=1S/C11H17NO/c1-3-5-11(12)9-6-4-7-10(8-9)13-2/h4,6-8,11H,3,5,12H2,1-2H3. The molecule has 0 aliphatic heterocycles. The van der Waals surface area contributed by atoms with Gasteiger partial charge in [-0.2, -0.15) is 0 Å². The number of benzene rings is 1. The summed E-state index contributed by atoms with van der Waals surface area (Å²) >= 11 is 0. The van der Waals surface area contributed by atoms with E-state index in [9.17, 15) is 0 Å². The van der Waals surface area contributed by atoms with Gasteiger partial charge in [-0.1, -0.05) is 25.5 Å². The van der Waals surface area contributed by atoms with Crippen LogP contribution in [0.4, 0.5) is 0 Å². The third-order valence-electron chi connectivity index (χ3n) is 2.12. The van der Waals surface area contributed by atoms with Crippen molar-refractivity contribution in [1.29, 1.82) is 0 Å². The summed E-state index contributed by atoms with van der Waals surface area (Å²) in [4.78, 5) is 0. The summed E-state index contributed by atoms with van der Waals surface area (Å²) in [6.45, 7) is 2.14. The highest BCUT2D eigenvalue weighted by Gasteiger charge is 2.04. The number of methoxy groups -OCH3 is 1. The molecule has 2 heteroatoms. The quantitative estimate of drug-likeness (QED) is 0.770. The molecule has 1 rings (SSSR count). The Bertz CT molecular complexity index is 260. The summed E-state index contributed by atoms with van der Waals surface area (Å²) in [6.07, 6.45) is 2.13. The fraction of sp³-hybridized carbons (Fsp3) is 0.455. The summed E-state index contributed by atoms with van der Waals surface area (Å²) < 4.78 is 5.13. The fourth-order valence-corrected chi connectivity index (χ4v) is 1.35. The molecule has 72 valence electrons. The number of ether oxygens (including phenoxy) is 1. The van der Waals surface area contributed by atoms with E-state index in [-0.39, 0.29) is 6.04 Å². The van der Waals surface area contributed by atoms with E-state index in [0.29, 0.717) is 0 Å². The molecule has 0 aliphatic carbocycles. The van der Waals surface area contributed by atoms with Crippen molar-refractivity contribution in [3.05, 3.63) is 29.8 Å². The van der Waals surface area contributed by atoms with Crippen LogP contribution >= 0.6 is 0 Å². The Balaban J connectivity index is 2.75. The van der Waals surface area contributed by atoms with Gasteiger partial charge in [0.05, 0.1) is 7.11 Å². The van der Waals surface area contributed by atoms with Gasteiger partial charge in [0.1, 0.15) is 5.75 Å². The first-order valence-electron chi connectivity index (χ1n) is 4.67. The van der Waals surface area contributed by atoms with Gasteiger partial charge in [-0.05, 0) is 24.1 Å². The first-order chi connectivity index (χ1) is 6.27. The molecule has 0 bridgehead atoms. The van der Waals surface area contributed by atoms with E-state index in [1.54, 1.807) is 7.11 Å². The van der Waals surface area contributed by atoms with Gasteiger partial charge >= 0.3 is 0 Å². The molecule has 0 radical (unpaired) electrons. The van der Waals surface area contributed by atoms with Crippen molar-refractivity contribution in [1.82, 2.24) is 0 Å². The molecule has 0 amide bonds. The summed E-state index contributed by atoms with van der Waals surface area (Å²) in [5.74, 6) is 0.879. The number of hydrogen-bond donors (Lipinski definition) is 1. The molecule has 1 unspecified atom stereocenters. The molecule has 0 aromatic heterocycles. The van der Waals surface area contributed by atoms with Gasteiger partial charge in [0.2, 0.25) is 0 Å². The minimum atomic E-state index is 0.139. The van der Waals surface area contributed by atoms with Crippen molar-refractivity contribution < 1.29 is 4.74 Å². The lowest BCUT2D eigenvalue weighted by molar-refractivity contribution is 0.413. The summed E-state index contributed by atoms with van der Waals surface area (Å²) in [6, 6.07) is 8.09. The van der Waals surface area contributed by atoms with E-state index in [4.69, 9.17) is 10.5 Å². The lowest BCUT2D eigenvalue weighted by Crippen LogP contribution is -2.09. The van der Waals surface area contributed by atoms with Crippen LogP contribution in [0.15, 0.2) is 24.3 Å². The van der Waals surface area contributed by atoms with Gasteiger partial charge in [0.15, 0.2) is 0 Å². The van der Waals surface area contributed by atoms with Gasteiger partial charge in [-0.25, -0.2) is 0 Å².